The van der Waals surface area contributed by atoms with Crippen LogP contribution in [0.4, 0.5) is 10.1 Å². The molecule has 0 spiro atoms. The Morgan fingerprint density at radius 1 is 1.00 bits per heavy atom. The van der Waals surface area contributed by atoms with E-state index in [4.69, 9.17) is 0 Å². The molecular weight excluding hydrogens is 365 g/mol. The molecule has 142 valence electrons. The molecule has 2 aliphatic heterocycles. The lowest BCUT2D eigenvalue weighted by molar-refractivity contribution is -0.122. The fourth-order valence-electron chi connectivity index (χ4n) is 3.47. The van der Waals surface area contributed by atoms with Crippen molar-refractivity contribution in [3.05, 3.63) is 65.5 Å². The molecule has 2 aliphatic rings. The summed E-state index contributed by atoms with van der Waals surface area (Å²) in [7, 11) is 0. The smallest absolute Gasteiger partial charge is 0.262 e. The number of anilines is 1. The van der Waals surface area contributed by atoms with Gasteiger partial charge in [0.2, 0.25) is 11.8 Å². The van der Waals surface area contributed by atoms with Crippen LogP contribution in [0.1, 0.15) is 27.1 Å². The normalized spacial score (nSPS) is 18.6. The number of hydrogen-bond acceptors (Lipinski definition) is 4. The lowest BCUT2D eigenvalue weighted by atomic mass is 10.1. The average molecular weight is 381 g/mol. The highest BCUT2D eigenvalue weighted by Gasteiger charge is 2.37. The van der Waals surface area contributed by atoms with Crippen LogP contribution in [0, 0.1) is 5.82 Å². The van der Waals surface area contributed by atoms with Gasteiger partial charge in [-0.15, -0.1) is 0 Å². The highest BCUT2D eigenvalue weighted by molar-refractivity contribution is 6.22. The van der Waals surface area contributed by atoms with E-state index in [9.17, 15) is 23.6 Å². The molecule has 1 N–H and O–H groups in total. The summed E-state index contributed by atoms with van der Waals surface area (Å²) in [4.78, 5) is 51.6. The minimum absolute atomic E-state index is 0.0885. The van der Waals surface area contributed by atoms with Gasteiger partial charge in [-0.2, -0.15) is 0 Å². The van der Waals surface area contributed by atoms with Crippen molar-refractivity contribution in [2.24, 2.45) is 0 Å². The summed E-state index contributed by atoms with van der Waals surface area (Å²) in [6.07, 6.45) is 0.0885. The Kier molecular flexibility index (Phi) is 4.38. The van der Waals surface area contributed by atoms with Crippen molar-refractivity contribution < 1.29 is 23.6 Å². The summed E-state index contributed by atoms with van der Waals surface area (Å²) in [5, 5.41) is 2.69. The second-order valence-corrected chi connectivity index (χ2v) is 6.69. The molecule has 0 aliphatic carbocycles. The van der Waals surface area contributed by atoms with Gasteiger partial charge in [-0.05, 0) is 36.4 Å². The highest BCUT2D eigenvalue weighted by Crippen LogP contribution is 2.23. The highest BCUT2D eigenvalue weighted by atomic mass is 19.1. The Hall–Kier alpha value is -3.55. The SMILES string of the molecule is O=C(CN1C(=O)c2ccccc2C1=O)N[C@H]1CC(=O)N(c2ccc(F)cc2)C1. The second-order valence-electron chi connectivity index (χ2n) is 6.69. The van der Waals surface area contributed by atoms with Crippen LogP contribution in [0.5, 0.6) is 0 Å². The Bertz CT molecular complexity index is 954. The number of benzene rings is 2. The van der Waals surface area contributed by atoms with E-state index in [0.29, 0.717) is 5.69 Å². The third-order valence-electron chi connectivity index (χ3n) is 4.81. The molecule has 1 saturated heterocycles. The Morgan fingerprint density at radius 2 is 1.61 bits per heavy atom. The van der Waals surface area contributed by atoms with Crippen LogP contribution in [0.3, 0.4) is 0 Å². The van der Waals surface area contributed by atoms with Gasteiger partial charge < -0.3 is 10.2 Å². The molecule has 4 rings (SSSR count). The number of amides is 4. The van der Waals surface area contributed by atoms with E-state index in [1.807, 2.05) is 0 Å². The topological polar surface area (TPSA) is 86.8 Å². The van der Waals surface area contributed by atoms with Gasteiger partial charge >= 0.3 is 0 Å². The molecule has 0 saturated carbocycles. The third-order valence-corrected chi connectivity index (χ3v) is 4.81. The zero-order valence-corrected chi connectivity index (χ0v) is 14.7. The molecule has 0 unspecified atom stereocenters. The maximum atomic E-state index is 13.1. The number of nitrogens with one attached hydrogen (secondary N) is 1. The van der Waals surface area contributed by atoms with Crippen LogP contribution in [-0.4, -0.2) is 47.7 Å². The number of carbonyl (C=O) groups is 4. The first-order chi connectivity index (χ1) is 13.4. The molecule has 28 heavy (non-hydrogen) atoms. The molecule has 0 radical (unpaired) electrons. The molecule has 0 aromatic heterocycles. The lowest BCUT2D eigenvalue weighted by Crippen LogP contribution is -2.44. The number of halogens is 1. The number of carbonyl (C=O) groups excluding carboxylic acids is 4. The zero-order valence-electron chi connectivity index (χ0n) is 14.7. The monoisotopic (exact) mass is 381 g/mol. The van der Waals surface area contributed by atoms with E-state index in [-0.39, 0.29) is 30.0 Å². The molecule has 1 fully saturated rings. The minimum atomic E-state index is -0.520. The number of imide groups is 1. The van der Waals surface area contributed by atoms with Crippen LogP contribution in [0.15, 0.2) is 48.5 Å². The van der Waals surface area contributed by atoms with Gasteiger partial charge in [-0.25, -0.2) is 4.39 Å². The second kappa shape index (κ2) is 6.88. The van der Waals surface area contributed by atoms with Crippen molar-refractivity contribution in [1.29, 1.82) is 0 Å². The average Bonchev–Trinajstić information content (AvgIpc) is 3.15. The van der Waals surface area contributed by atoms with Gasteiger partial charge in [0, 0.05) is 18.7 Å². The summed E-state index contributed by atoms with van der Waals surface area (Å²) in [6, 6.07) is 11.5. The number of nitrogens with zero attached hydrogens (tertiary/aromatic N) is 2. The van der Waals surface area contributed by atoms with E-state index >= 15 is 0 Å². The Labute approximate surface area is 159 Å². The van der Waals surface area contributed by atoms with Gasteiger partial charge in [-0.1, -0.05) is 12.1 Å². The summed E-state index contributed by atoms with van der Waals surface area (Å²) in [6.45, 7) is -0.175. The first kappa shape index (κ1) is 17.8. The van der Waals surface area contributed by atoms with E-state index in [2.05, 4.69) is 5.32 Å². The Morgan fingerprint density at radius 3 is 2.21 bits per heavy atom. The Balaban J connectivity index is 1.39. The number of hydrogen-bond donors (Lipinski definition) is 1. The molecule has 2 aromatic rings. The van der Waals surface area contributed by atoms with E-state index in [0.717, 1.165) is 4.90 Å². The molecule has 7 nitrogen and oxygen atoms in total. The predicted molar refractivity (Wildman–Crippen MR) is 97.1 cm³/mol. The molecule has 8 heteroatoms. The summed E-state index contributed by atoms with van der Waals surface area (Å²) in [5.41, 5.74) is 1.10. The van der Waals surface area contributed by atoms with Crippen molar-refractivity contribution in [2.75, 3.05) is 18.0 Å². The van der Waals surface area contributed by atoms with Crippen LogP contribution >= 0.6 is 0 Å². The number of rotatable bonds is 4. The fraction of sp³-hybridized carbons (Fsp3) is 0.200. The zero-order chi connectivity index (χ0) is 19.8. The number of fused-ring (bicyclic) bond motifs is 1. The quantitative estimate of drug-likeness (QED) is 0.810. The van der Waals surface area contributed by atoms with Crippen LogP contribution in [0.2, 0.25) is 0 Å². The van der Waals surface area contributed by atoms with Crippen molar-refractivity contribution in [3.8, 4) is 0 Å². The maximum Gasteiger partial charge on any atom is 0.262 e. The van der Waals surface area contributed by atoms with Crippen LogP contribution in [-0.2, 0) is 9.59 Å². The largest absolute Gasteiger partial charge is 0.349 e. The maximum absolute atomic E-state index is 13.1. The van der Waals surface area contributed by atoms with Crippen LogP contribution < -0.4 is 10.2 Å². The van der Waals surface area contributed by atoms with Crippen molar-refractivity contribution in [1.82, 2.24) is 10.2 Å². The molecular formula is C20H16FN3O4. The van der Waals surface area contributed by atoms with Gasteiger partial charge in [0.25, 0.3) is 11.8 Å². The molecule has 2 aromatic carbocycles. The van der Waals surface area contributed by atoms with Crippen LogP contribution in [0.25, 0.3) is 0 Å². The summed E-state index contributed by atoms with van der Waals surface area (Å²) in [5.74, 6) is -2.13. The standard InChI is InChI=1S/C20H16FN3O4/c21-12-5-7-14(8-6-12)23-10-13(9-18(23)26)22-17(25)11-24-19(27)15-3-1-2-4-16(15)20(24)28/h1-8,13H,9-11H2,(H,22,25)/t13-/m0/s1. The van der Waals surface area contributed by atoms with Gasteiger partial charge in [0.15, 0.2) is 0 Å². The molecule has 2 heterocycles. The van der Waals surface area contributed by atoms with E-state index in [1.165, 1.54) is 29.2 Å². The molecule has 1 atom stereocenters. The summed E-state index contributed by atoms with van der Waals surface area (Å²) >= 11 is 0. The molecule has 4 amide bonds. The van der Waals surface area contributed by atoms with Gasteiger partial charge in [0.1, 0.15) is 12.4 Å². The fourth-order valence-corrected chi connectivity index (χ4v) is 3.47. The van der Waals surface area contributed by atoms with E-state index < -0.39 is 36.1 Å². The minimum Gasteiger partial charge on any atom is -0.349 e. The first-order valence-electron chi connectivity index (χ1n) is 8.74. The van der Waals surface area contributed by atoms with Crippen molar-refractivity contribution in [2.45, 2.75) is 12.5 Å². The lowest BCUT2D eigenvalue weighted by Gasteiger charge is -2.18. The third kappa shape index (κ3) is 3.13. The first-order valence-corrected chi connectivity index (χ1v) is 8.74. The van der Waals surface area contributed by atoms with E-state index in [1.54, 1.807) is 24.3 Å². The van der Waals surface area contributed by atoms with Crippen molar-refractivity contribution in [3.63, 3.8) is 0 Å². The molecule has 0 bridgehead atoms. The van der Waals surface area contributed by atoms with Gasteiger partial charge in [-0.3, -0.25) is 24.1 Å². The van der Waals surface area contributed by atoms with Gasteiger partial charge in [0.05, 0.1) is 17.2 Å². The van der Waals surface area contributed by atoms with Crippen molar-refractivity contribution >= 4 is 29.3 Å². The summed E-state index contributed by atoms with van der Waals surface area (Å²) < 4.78 is 13.1. The predicted octanol–water partition coefficient (Wildman–Crippen LogP) is 1.34.